The molecular weight excluding hydrogens is 827 g/mol. The Labute approximate surface area is 383 Å². The molecule has 0 radical (unpaired) electrons. The second-order valence-corrected chi connectivity index (χ2v) is 7.07. The largest absolute Gasteiger partial charge is 0.491 e. The van der Waals surface area contributed by atoms with Crippen LogP contribution in [0.2, 0.25) is 13.6 Å². The van der Waals surface area contributed by atoms with Gasteiger partial charge >= 0.3 is 32.3 Å². The van der Waals surface area contributed by atoms with Gasteiger partial charge in [-0.2, -0.15) is 8.78 Å². The standard InChI is InChI=1S/C4H8.C3H6F2O.2C3H6O2.C3H6OS.C3H8.C2H4O2.C2H4O.7C2H6.2CH5BO2.CH3F.CH4O/c1-3-4-2;1-3(4,5)6-2;2*1-3(4)5-2;1-3(5)4-2;1-3-2;1-2(3)4;1-2-3;7*1-2;2*1-2(3)4;2*1-2/h3-4H,1-2H3;1-2H3;3*1-2H3;3H2,1-2H3;1H3,(H,3,4);2H,1H3;7*1-2H3;2*3-4H,1H3;1H3;2H,1H3. The van der Waals surface area contributed by atoms with Gasteiger partial charge in [0.2, 0.25) is 0 Å². The van der Waals surface area contributed by atoms with Crippen molar-refractivity contribution in [3.05, 3.63) is 12.2 Å². The fraction of sp³-hybridized carbons (Fsp3) is 0.829. The Balaban J connectivity index is -0.0000000182. The number of aliphatic carboxylic acids is 1. The molecule has 0 aliphatic heterocycles. The smallest absolute Gasteiger partial charge is 0.448 e. The van der Waals surface area contributed by atoms with Gasteiger partial charge in [0, 0.05) is 48.8 Å². The number of carbonyl (C=O) groups excluding carboxylic acids is 3. The average Bonchev–Trinajstić information content (AvgIpc) is 3.25. The van der Waals surface area contributed by atoms with Gasteiger partial charge in [0.1, 0.15) is 6.29 Å². The number of carboxylic acid groups (broad SMARTS) is 1. The molecule has 0 aromatic rings. The lowest BCUT2D eigenvalue weighted by atomic mass is 9.99. The van der Waals surface area contributed by atoms with Crippen molar-refractivity contribution < 1.29 is 81.6 Å². The first kappa shape index (κ1) is 124. The van der Waals surface area contributed by atoms with Crippen molar-refractivity contribution in [3.63, 3.8) is 0 Å². The highest BCUT2D eigenvalue weighted by Gasteiger charge is 2.17. The lowest BCUT2D eigenvalue weighted by Gasteiger charge is -2.03. The number of alkyl halides is 3. The molecule has 20 heteroatoms. The van der Waals surface area contributed by atoms with E-state index in [0.717, 1.165) is 27.4 Å². The quantitative estimate of drug-likeness (QED) is 0.0473. The second-order valence-electron chi connectivity index (χ2n) is 6.49. The van der Waals surface area contributed by atoms with Gasteiger partial charge in [0.05, 0.1) is 28.5 Å². The Hall–Kier alpha value is -2.61. The molecule has 0 aromatic carbocycles. The summed E-state index contributed by atoms with van der Waals surface area (Å²) >= 11 is 4.47. The first-order chi connectivity index (χ1) is 28.3. The lowest BCUT2D eigenvalue weighted by molar-refractivity contribution is -0.205. The molecule has 0 saturated carbocycles. The molecule has 0 bridgehead atoms. The maximum absolute atomic E-state index is 11.2. The van der Waals surface area contributed by atoms with Crippen LogP contribution in [0, 0.1) is 0 Å². The van der Waals surface area contributed by atoms with Crippen LogP contribution in [0.5, 0.6) is 0 Å². The van der Waals surface area contributed by atoms with E-state index >= 15 is 0 Å². The Morgan fingerprint density at radius 1 is 0.590 bits per heavy atom. The topological polar surface area (TPSA) is 227 Å². The highest BCUT2D eigenvalue weighted by Crippen LogP contribution is 2.09. The van der Waals surface area contributed by atoms with Crippen LogP contribution < -0.4 is 0 Å². The summed E-state index contributed by atoms with van der Waals surface area (Å²) in [5, 5.41) is 45.4. The molecule has 0 heterocycles. The van der Waals surface area contributed by atoms with Gasteiger partial charge in [0.25, 0.3) is 5.97 Å². The van der Waals surface area contributed by atoms with E-state index in [2.05, 4.69) is 45.0 Å². The van der Waals surface area contributed by atoms with E-state index in [1.807, 2.05) is 123 Å². The molecule has 0 aliphatic carbocycles. The lowest BCUT2D eigenvalue weighted by Crippen LogP contribution is -2.10. The molecule has 388 valence electrons. The number of esters is 2. The Morgan fingerprint density at radius 3 is 0.656 bits per heavy atom. The van der Waals surface area contributed by atoms with Crippen LogP contribution >= 0.6 is 12.2 Å². The highest BCUT2D eigenvalue weighted by atomic mass is 32.1. The number of halogens is 3. The zero-order chi connectivity index (χ0) is 55.6. The third-order valence-electron chi connectivity index (χ3n) is 1.55. The molecule has 0 rings (SSSR count). The van der Waals surface area contributed by atoms with E-state index in [1.54, 1.807) is 14.0 Å². The van der Waals surface area contributed by atoms with Gasteiger partial charge in [-0.25, -0.2) is 0 Å². The van der Waals surface area contributed by atoms with E-state index in [0.29, 0.717) is 19.2 Å². The highest BCUT2D eigenvalue weighted by molar-refractivity contribution is 7.80. The van der Waals surface area contributed by atoms with Crippen molar-refractivity contribution in [1.82, 2.24) is 0 Å². The second kappa shape index (κ2) is 211. The van der Waals surface area contributed by atoms with E-state index in [4.69, 9.17) is 39.9 Å². The van der Waals surface area contributed by atoms with Gasteiger partial charge in [-0.05, 0) is 46.6 Å². The first-order valence-corrected chi connectivity index (χ1v) is 20.5. The summed E-state index contributed by atoms with van der Waals surface area (Å²) in [5.74, 6) is -1.32. The molecule has 61 heavy (non-hydrogen) atoms. The summed E-state index contributed by atoms with van der Waals surface area (Å²) < 4.78 is 48.3. The maximum atomic E-state index is 11.2. The zero-order valence-corrected chi connectivity index (χ0v) is 46.4. The average molecular weight is 935 g/mol. The first-order valence-electron chi connectivity index (χ1n) is 20.1. The Bertz CT molecular complexity index is 544. The number of thiocarbonyl (C=S) groups is 1. The van der Waals surface area contributed by atoms with Crippen LogP contribution in [0.15, 0.2) is 12.2 Å². The Morgan fingerprint density at radius 2 is 0.656 bits per heavy atom. The van der Waals surface area contributed by atoms with Crippen LogP contribution in [-0.2, 0) is 38.1 Å². The predicted octanol–water partition coefficient (Wildman–Crippen LogP) is 11.4. The molecule has 6 N–H and O–H groups in total. The fourth-order valence-corrected chi connectivity index (χ4v) is 0. The van der Waals surface area contributed by atoms with Crippen molar-refractivity contribution in [2.75, 3.05) is 42.7 Å². The number of allylic oxidation sites excluding steroid dienone is 2. The van der Waals surface area contributed by atoms with Gasteiger partial charge in [0.15, 0.2) is 5.05 Å². The number of carbonyl (C=O) groups is 4. The van der Waals surface area contributed by atoms with Gasteiger partial charge in [-0.15, -0.1) is 0 Å². The number of aliphatic hydroxyl groups is 1. The molecule has 14 nitrogen and oxygen atoms in total. The molecule has 0 atom stereocenters. The van der Waals surface area contributed by atoms with E-state index in [-0.39, 0.29) is 11.9 Å². The summed E-state index contributed by atoms with van der Waals surface area (Å²) in [4.78, 5) is 37.0. The van der Waals surface area contributed by atoms with Crippen molar-refractivity contribution in [2.24, 2.45) is 0 Å². The molecule has 0 amide bonds. The summed E-state index contributed by atoms with van der Waals surface area (Å²) in [7, 11) is 4.38. The maximum Gasteiger partial charge on any atom is 0.448 e. The van der Waals surface area contributed by atoms with Crippen LogP contribution in [0.25, 0.3) is 0 Å². The number of rotatable bonds is 1. The van der Waals surface area contributed by atoms with Crippen LogP contribution in [0.4, 0.5) is 13.2 Å². The molecule has 0 aliphatic rings. The molecule has 0 aromatic heterocycles. The SMILES string of the molecule is CB(O)O.CB(O)O.CC.CC.CC.CC.CC.CC.CC.CC(=O)O.CC=CC.CC=O.CCC.CF.CO.COC(C)(F)F.COC(C)=O.COC(C)=O.COC(C)=S. The van der Waals surface area contributed by atoms with Crippen molar-refractivity contribution in [2.45, 2.75) is 192 Å². The number of aldehydes is 1. The summed E-state index contributed by atoms with van der Waals surface area (Å²) in [5.41, 5.74) is 0. The van der Waals surface area contributed by atoms with Gasteiger partial charge in [-0.3, -0.25) is 18.8 Å². The van der Waals surface area contributed by atoms with E-state index < -0.39 is 26.3 Å². The number of carboxylic acids is 1. The van der Waals surface area contributed by atoms with E-state index in [1.165, 1.54) is 55.1 Å². The zero-order valence-electron chi connectivity index (χ0n) is 45.6. The minimum absolute atomic E-state index is 0.245. The number of hydrogen-bond donors (Lipinski definition) is 6. The van der Waals surface area contributed by atoms with Crippen LogP contribution in [-0.4, -0.2) is 123 Å². The van der Waals surface area contributed by atoms with Crippen LogP contribution in [0.1, 0.15) is 173 Å². The number of ether oxygens (including phenoxy) is 4. The molecule has 0 spiro atoms. The van der Waals surface area contributed by atoms with E-state index in [9.17, 15) is 22.8 Å². The summed E-state index contributed by atoms with van der Waals surface area (Å²) in [6, 6.07) is 0. The number of aliphatic hydroxyl groups excluding tert-OH is 1. The Kier molecular flexibility index (Phi) is 429. The third-order valence-corrected chi connectivity index (χ3v) is 1.72. The summed E-state index contributed by atoms with van der Waals surface area (Å²) in [6.07, 6.45) is 3.04. The van der Waals surface area contributed by atoms with Crippen LogP contribution in [0.3, 0.4) is 0 Å². The van der Waals surface area contributed by atoms with Crippen molar-refractivity contribution in [1.29, 1.82) is 0 Å². The third kappa shape index (κ3) is 3220. The normalized spacial score (nSPS) is 6.16. The molecule has 0 unspecified atom stereocenters. The number of hydrogen-bond acceptors (Lipinski definition) is 14. The minimum Gasteiger partial charge on any atom is -0.491 e. The van der Waals surface area contributed by atoms with Crippen molar-refractivity contribution in [3.8, 4) is 0 Å². The molecule has 0 saturated heterocycles. The van der Waals surface area contributed by atoms with Gasteiger partial charge in [-0.1, -0.05) is 129 Å². The van der Waals surface area contributed by atoms with Crippen molar-refractivity contribution >= 4 is 55.7 Å². The van der Waals surface area contributed by atoms with Gasteiger partial charge < -0.3 is 54.1 Å². The fourth-order valence-electron chi connectivity index (χ4n) is 0. The minimum atomic E-state index is -2.96. The molecule has 0 fully saturated rings. The number of methoxy groups -OCH3 is 4. The molecular formula is C41H107B2F3O14S. The predicted molar refractivity (Wildman–Crippen MR) is 267 cm³/mol. The monoisotopic (exact) mass is 935 g/mol. The summed E-state index contributed by atoms with van der Waals surface area (Å²) in [6.45, 7) is 46.5.